The molecule has 2 unspecified atom stereocenters. The molecule has 0 aliphatic heterocycles. The molecule has 1 aromatic heterocycles. The molecule has 0 spiro atoms. The Hall–Kier alpha value is -2.81. The van der Waals surface area contributed by atoms with Crippen LogP contribution in [0.15, 0.2) is 36.5 Å². The molecule has 6 nitrogen and oxygen atoms in total. The molecular formula is C16H17N5O. The first-order chi connectivity index (χ1) is 10.7. The second-order valence-electron chi connectivity index (χ2n) is 5.46. The van der Waals surface area contributed by atoms with Gasteiger partial charge in [-0.3, -0.25) is 9.48 Å². The number of benzene rings is 1. The minimum atomic E-state index is -0.531. The number of nitrogens with zero attached hydrogens (tertiary/aromatic N) is 3. The van der Waals surface area contributed by atoms with Crippen molar-refractivity contribution < 1.29 is 4.79 Å². The monoisotopic (exact) mass is 295 g/mol. The minimum absolute atomic E-state index is 0.00873. The molecule has 1 saturated carbocycles. The van der Waals surface area contributed by atoms with Crippen molar-refractivity contribution in [2.75, 3.05) is 5.32 Å². The molecule has 2 atom stereocenters. The minimum Gasteiger partial charge on any atom is -0.365 e. The lowest BCUT2D eigenvalue weighted by molar-refractivity contribution is 0.100. The lowest BCUT2D eigenvalue weighted by Crippen LogP contribution is -2.14. The topological polar surface area (TPSA) is 96.7 Å². The molecule has 0 saturated heterocycles. The van der Waals surface area contributed by atoms with Crippen LogP contribution in [0.2, 0.25) is 0 Å². The van der Waals surface area contributed by atoms with E-state index >= 15 is 0 Å². The Bertz CT molecular complexity index is 716. The number of carbonyl (C=O) groups is 1. The standard InChI is InChI=1S/C16H17N5O/c17-9-11-5-4-8-14(11)21-10-13(15(18)22)16(20-21)19-12-6-2-1-3-7-12/h1-3,6-7,10-11,14H,4-5,8H2,(H2,18,22)(H,19,20). The van der Waals surface area contributed by atoms with Gasteiger partial charge in [0.15, 0.2) is 5.82 Å². The number of nitrogens with one attached hydrogen (secondary N) is 1. The number of amides is 1. The Kier molecular flexibility index (Phi) is 3.79. The van der Waals surface area contributed by atoms with Crippen molar-refractivity contribution in [3.05, 3.63) is 42.1 Å². The quantitative estimate of drug-likeness (QED) is 0.906. The van der Waals surface area contributed by atoms with Crippen LogP contribution >= 0.6 is 0 Å². The maximum absolute atomic E-state index is 11.7. The van der Waals surface area contributed by atoms with Crippen molar-refractivity contribution in [3.8, 4) is 6.07 Å². The van der Waals surface area contributed by atoms with Crippen LogP contribution in [0, 0.1) is 17.2 Å². The fourth-order valence-corrected chi connectivity index (χ4v) is 2.90. The normalized spacial score (nSPS) is 20.5. The largest absolute Gasteiger partial charge is 0.365 e. The first-order valence-corrected chi connectivity index (χ1v) is 7.29. The summed E-state index contributed by atoms with van der Waals surface area (Å²) < 4.78 is 1.71. The van der Waals surface area contributed by atoms with Crippen LogP contribution in [0.3, 0.4) is 0 Å². The summed E-state index contributed by atoms with van der Waals surface area (Å²) >= 11 is 0. The summed E-state index contributed by atoms with van der Waals surface area (Å²) in [5, 5.41) is 16.8. The van der Waals surface area contributed by atoms with Gasteiger partial charge in [0.05, 0.1) is 18.0 Å². The molecule has 0 bridgehead atoms. The number of aromatic nitrogens is 2. The molecular weight excluding hydrogens is 278 g/mol. The third-order valence-corrected chi connectivity index (χ3v) is 4.02. The lowest BCUT2D eigenvalue weighted by atomic mass is 10.1. The average molecular weight is 295 g/mol. The zero-order valence-corrected chi connectivity index (χ0v) is 12.1. The SMILES string of the molecule is N#CC1CCCC1n1cc(C(N)=O)c(Nc2ccccc2)n1. The molecule has 1 aromatic carbocycles. The number of carbonyl (C=O) groups excluding carboxylic acids is 1. The summed E-state index contributed by atoms with van der Waals surface area (Å²) in [5.74, 6) is -0.163. The number of nitrogens with two attached hydrogens (primary N) is 1. The zero-order chi connectivity index (χ0) is 15.5. The van der Waals surface area contributed by atoms with Gasteiger partial charge in [-0.1, -0.05) is 18.2 Å². The van der Waals surface area contributed by atoms with E-state index in [0.717, 1.165) is 24.9 Å². The molecule has 1 aliphatic carbocycles. The number of anilines is 2. The number of hydrogen-bond donors (Lipinski definition) is 2. The van der Waals surface area contributed by atoms with Crippen LogP contribution in [0.4, 0.5) is 11.5 Å². The Labute approximate surface area is 128 Å². The number of rotatable bonds is 4. The van der Waals surface area contributed by atoms with Crippen molar-refractivity contribution in [3.63, 3.8) is 0 Å². The number of primary amides is 1. The van der Waals surface area contributed by atoms with Crippen molar-refractivity contribution in [2.45, 2.75) is 25.3 Å². The first-order valence-electron chi connectivity index (χ1n) is 7.29. The van der Waals surface area contributed by atoms with E-state index in [0.29, 0.717) is 11.4 Å². The molecule has 6 heteroatoms. The maximum Gasteiger partial charge on any atom is 0.254 e. The Morgan fingerprint density at radius 1 is 1.36 bits per heavy atom. The number of nitriles is 1. The number of hydrogen-bond acceptors (Lipinski definition) is 4. The van der Waals surface area contributed by atoms with Gasteiger partial charge in [-0.05, 0) is 31.4 Å². The van der Waals surface area contributed by atoms with E-state index in [1.807, 2.05) is 30.3 Å². The van der Waals surface area contributed by atoms with E-state index in [1.165, 1.54) is 0 Å². The molecule has 2 aromatic rings. The van der Waals surface area contributed by atoms with Crippen molar-refractivity contribution in [2.24, 2.45) is 11.7 Å². The fraction of sp³-hybridized carbons (Fsp3) is 0.312. The van der Waals surface area contributed by atoms with Crippen LogP contribution in [0.5, 0.6) is 0 Å². The summed E-state index contributed by atoms with van der Waals surface area (Å²) in [4.78, 5) is 11.7. The van der Waals surface area contributed by atoms with Crippen LogP contribution in [0.1, 0.15) is 35.7 Å². The third kappa shape index (κ3) is 2.66. The Morgan fingerprint density at radius 2 is 2.14 bits per heavy atom. The molecule has 1 aliphatic rings. The van der Waals surface area contributed by atoms with Crippen molar-refractivity contribution in [1.82, 2.24) is 9.78 Å². The zero-order valence-electron chi connectivity index (χ0n) is 12.1. The molecule has 1 amide bonds. The predicted octanol–water partition coefficient (Wildman–Crippen LogP) is 2.59. The highest BCUT2D eigenvalue weighted by molar-refractivity contribution is 5.98. The van der Waals surface area contributed by atoms with E-state index in [-0.39, 0.29) is 12.0 Å². The third-order valence-electron chi connectivity index (χ3n) is 4.02. The van der Waals surface area contributed by atoms with E-state index < -0.39 is 5.91 Å². The second-order valence-corrected chi connectivity index (χ2v) is 5.46. The molecule has 22 heavy (non-hydrogen) atoms. The van der Waals surface area contributed by atoms with Gasteiger partial charge in [-0.15, -0.1) is 0 Å². The van der Waals surface area contributed by atoms with Gasteiger partial charge in [-0.2, -0.15) is 10.4 Å². The van der Waals surface area contributed by atoms with E-state index in [1.54, 1.807) is 10.9 Å². The van der Waals surface area contributed by atoms with Crippen molar-refractivity contribution in [1.29, 1.82) is 5.26 Å². The second kappa shape index (κ2) is 5.90. The van der Waals surface area contributed by atoms with Gasteiger partial charge in [0, 0.05) is 11.9 Å². The van der Waals surface area contributed by atoms with Crippen LogP contribution in [0.25, 0.3) is 0 Å². The molecule has 3 rings (SSSR count). The summed E-state index contributed by atoms with van der Waals surface area (Å²) in [6.45, 7) is 0. The van der Waals surface area contributed by atoms with Gasteiger partial charge in [-0.25, -0.2) is 0 Å². The van der Waals surface area contributed by atoms with E-state index in [4.69, 9.17) is 5.73 Å². The van der Waals surface area contributed by atoms with E-state index in [2.05, 4.69) is 16.5 Å². The number of para-hydroxylation sites is 1. The van der Waals surface area contributed by atoms with Crippen molar-refractivity contribution >= 4 is 17.4 Å². The van der Waals surface area contributed by atoms with Gasteiger partial charge in [0.2, 0.25) is 0 Å². The van der Waals surface area contributed by atoms with Crippen LogP contribution in [-0.4, -0.2) is 15.7 Å². The van der Waals surface area contributed by atoms with Gasteiger partial charge >= 0.3 is 0 Å². The molecule has 112 valence electrons. The fourth-order valence-electron chi connectivity index (χ4n) is 2.90. The average Bonchev–Trinajstić information content (AvgIpc) is 3.14. The summed E-state index contributed by atoms with van der Waals surface area (Å²) in [6.07, 6.45) is 4.40. The Morgan fingerprint density at radius 3 is 2.82 bits per heavy atom. The first kappa shape index (κ1) is 14.1. The molecule has 0 radical (unpaired) electrons. The summed E-state index contributed by atoms with van der Waals surface area (Å²) in [7, 11) is 0. The smallest absolute Gasteiger partial charge is 0.254 e. The summed E-state index contributed by atoms with van der Waals surface area (Å²) in [5.41, 5.74) is 6.62. The molecule has 3 N–H and O–H groups in total. The lowest BCUT2D eigenvalue weighted by Gasteiger charge is -2.13. The summed E-state index contributed by atoms with van der Waals surface area (Å²) in [6, 6.07) is 11.8. The maximum atomic E-state index is 11.7. The highest BCUT2D eigenvalue weighted by Crippen LogP contribution is 2.36. The van der Waals surface area contributed by atoms with E-state index in [9.17, 15) is 10.1 Å². The van der Waals surface area contributed by atoms with Gasteiger partial charge in [0.25, 0.3) is 5.91 Å². The predicted molar refractivity (Wildman–Crippen MR) is 82.5 cm³/mol. The Balaban J connectivity index is 1.93. The molecule has 1 fully saturated rings. The molecule has 1 heterocycles. The van der Waals surface area contributed by atoms with Crippen LogP contribution < -0.4 is 11.1 Å². The van der Waals surface area contributed by atoms with Crippen LogP contribution in [-0.2, 0) is 0 Å². The highest BCUT2D eigenvalue weighted by atomic mass is 16.1. The van der Waals surface area contributed by atoms with Gasteiger partial charge in [0.1, 0.15) is 5.56 Å². The van der Waals surface area contributed by atoms with Gasteiger partial charge < -0.3 is 11.1 Å². The highest BCUT2D eigenvalue weighted by Gasteiger charge is 2.30.